The van der Waals surface area contributed by atoms with Crippen molar-refractivity contribution in [3.05, 3.63) is 29.3 Å². The minimum absolute atomic E-state index is 0.615. The Morgan fingerprint density at radius 1 is 0.909 bits per heavy atom. The highest BCUT2D eigenvalue weighted by molar-refractivity contribution is 6.60. The number of ether oxygens (including phenoxy) is 1. The van der Waals surface area contributed by atoms with E-state index in [1.165, 1.54) is 11.1 Å². The first-order valence-electron chi connectivity index (χ1n) is 8.19. The van der Waals surface area contributed by atoms with Gasteiger partial charge in [0.1, 0.15) is 5.75 Å². The predicted octanol–water partition coefficient (Wildman–Crippen LogP) is 4.12. The average Bonchev–Trinajstić information content (AvgIpc) is 2.48. The fourth-order valence-electron chi connectivity index (χ4n) is 2.35. The summed E-state index contributed by atoms with van der Waals surface area (Å²) in [5.74, 6) is 0.955. The predicted molar refractivity (Wildman–Crippen MR) is 91.5 cm³/mol. The quantitative estimate of drug-likeness (QED) is 0.453. The lowest BCUT2D eigenvalue weighted by atomic mass is 10.1. The number of hydrogen-bond acceptors (Lipinski definition) is 4. The Bertz CT molecular complexity index is 420. The molecule has 0 spiro atoms. The molecule has 0 unspecified atom stereocenters. The molecule has 0 aromatic heterocycles. The van der Waals surface area contributed by atoms with Gasteiger partial charge >= 0.3 is 8.80 Å². The Kier molecular flexibility index (Phi) is 8.71. The van der Waals surface area contributed by atoms with Crippen molar-refractivity contribution in [2.45, 2.75) is 47.1 Å². The smallest absolute Gasteiger partial charge is 0.493 e. The summed E-state index contributed by atoms with van der Waals surface area (Å²) >= 11 is 0. The molecule has 0 radical (unpaired) electrons. The monoisotopic (exact) mass is 326 g/mol. The third kappa shape index (κ3) is 5.72. The van der Waals surface area contributed by atoms with Crippen molar-refractivity contribution in [3.8, 4) is 5.75 Å². The van der Waals surface area contributed by atoms with Gasteiger partial charge in [-0.15, -0.1) is 0 Å². The van der Waals surface area contributed by atoms with Crippen LogP contribution in [0, 0.1) is 13.8 Å². The minimum Gasteiger partial charge on any atom is -0.493 e. The number of benzene rings is 1. The zero-order valence-electron chi connectivity index (χ0n) is 14.6. The van der Waals surface area contributed by atoms with Crippen molar-refractivity contribution >= 4 is 8.80 Å². The van der Waals surface area contributed by atoms with E-state index >= 15 is 0 Å². The fraction of sp³-hybridized carbons (Fsp3) is 0.647. The fourth-order valence-corrected chi connectivity index (χ4v) is 4.93. The standard InChI is InChI=1S/C17H30O4Si/c1-6-19-22(20-7-2,21-8-3)14-10-13-18-17-12-9-11-15(4)16(17)5/h9,11-12H,6-8,10,13-14H2,1-5H3. The van der Waals surface area contributed by atoms with E-state index in [1.807, 2.05) is 32.9 Å². The van der Waals surface area contributed by atoms with E-state index in [9.17, 15) is 0 Å². The van der Waals surface area contributed by atoms with Crippen LogP contribution in [0.25, 0.3) is 0 Å². The molecule has 5 heteroatoms. The summed E-state index contributed by atoms with van der Waals surface area (Å²) in [6, 6.07) is 6.92. The molecule has 0 saturated carbocycles. The van der Waals surface area contributed by atoms with Crippen LogP contribution in [0.4, 0.5) is 0 Å². The van der Waals surface area contributed by atoms with Crippen LogP contribution in [-0.2, 0) is 13.3 Å². The molecule has 0 bridgehead atoms. The van der Waals surface area contributed by atoms with E-state index < -0.39 is 8.80 Å². The lowest BCUT2D eigenvalue weighted by Crippen LogP contribution is -2.46. The molecule has 1 aromatic carbocycles. The Balaban J connectivity index is 2.53. The van der Waals surface area contributed by atoms with Gasteiger partial charge in [0.15, 0.2) is 0 Å². The Hall–Kier alpha value is -0.883. The summed E-state index contributed by atoms with van der Waals surface area (Å²) in [5, 5.41) is 0. The van der Waals surface area contributed by atoms with Gasteiger partial charge in [-0.05, 0) is 58.2 Å². The molecule has 0 atom stereocenters. The van der Waals surface area contributed by atoms with Gasteiger partial charge in [0.05, 0.1) is 6.61 Å². The molecule has 0 fully saturated rings. The van der Waals surface area contributed by atoms with Gasteiger partial charge in [-0.25, -0.2) is 0 Å². The van der Waals surface area contributed by atoms with Gasteiger partial charge in [-0.1, -0.05) is 12.1 Å². The molecular weight excluding hydrogens is 296 g/mol. The molecule has 0 aliphatic heterocycles. The first-order valence-corrected chi connectivity index (χ1v) is 10.1. The molecule has 0 saturated heterocycles. The highest BCUT2D eigenvalue weighted by Crippen LogP contribution is 2.22. The zero-order chi connectivity index (χ0) is 16.4. The second-order valence-electron chi connectivity index (χ2n) is 5.13. The molecule has 1 aromatic rings. The second kappa shape index (κ2) is 10.00. The van der Waals surface area contributed by atoms with Crippen LogP contribution in [0.3, 0.4) is 0 Å². The Morgan fingerprint density at radius 2 is 1.50 bits per heavy atom. The van der Waals surface area contributed by atoms with Gasteiger partial charge in [-0.2, -0.15) is 0 Å². The first-order chi connectivity index (χ1) is 10.6. The van der Waals surface area contributed by atoms with Gasteiger partial charge in [-0.3, -0.25) is 0 Å². The van der Waals surface area contributed by atoms with Crippen LogP contribution in [0.1, 0.15) is 38.3 Å². The van der Waals surface area contributed by atoms with Crippen molar-refractivity contribution in [1.29, 1.82) is 0 Å². The topological polar surface area (TPSA) is 36.9 Å². The van der Waals surface area contributed by atoms with Crippen LogP contribution in [0.2, 0.25) is 6.04 Å². The second-order valence-corrected chi connectivity index (χ2v) is 7.86. The summed E-state index contributed by atoms with van der Waals surface area (Å²) in [4.78, 5) is 0. The van der Waals surface area contributed by atoms with Gasteiger partial charge in [0.2, 0.25) is 0 Å². The van der Waals surface area contributed by atoms with E-state index in [2.05, 4.69) is 19.9 Å². The summed E-state index contributed by atoms with van der Waals surface area (Å²) in [5.41, 5.74) is 2.45. The maximum Gasteiger partial charge on any atom is 0.501 e. The van der Waals surface area contributed by atoms with Crippen molar-refractivity contribution < 1.29 is 18.0 Å². The van der Waals surface area contributed by atoms with Gasteiger partial charge in [0, 0.05) is 25.9 Å². The highest BCUT2D eigenvalue weighted by atomic mass is 28.4. The average molecular weight is 327 g/mol. The van der Waals surface area contributed by atoms with Crippen LogP contribution in [0.15, 0.2) is 18.2 Å². The SMILES string of the molecule is CCO[Si](CCCOc1cccc(C)c1C)(OCC)OCC. The number of aryl methyl sites for hydroxylation is 1. The van der Waals surface area contributed by atoms with Crippen molar-refractivity contribution in [2.24, 2.45) is 0 Å². The molecule has 0 aliphatic rings. The summed E-state index contributed by atoms with van der Waals surface area (Å²) in [6.45, 7) is 12.6. The third-order valence-electron chi connectivity index (χ3n) is 3.53. The molecule has 0 N–H and O–H groups in total. The molecule has 0 heterocycles. The molecule has 1 rings (SSSR count). The Labute approximate surface area is 136 Å². The Morgan fingerprint density at radius 3 is 2.05 bits per heavy atom. The van der Waals surface area contributed by atoms with Crippen molar-refractivity contribution in [1.82, 2.24) is 0 Å². The molecule has 0 amide bonds. The number of hydrogen-bond donors (Lipinski definition) is 0. The van der Waals surface area contributed by atoms with E-state index in [-0.39, 0.29) is 0 Å². The van der Waals surface area contributed by atoms with Crippen LogP contribution < -0.4 is 4.74 Å². The molecule has 126 valence electrons. The van der Waals surface area contributed by atoms with Gasteiger partial charge < -0.3 is 18.0 Å². The summed E-state index contributed by atoms with van der Waals surface area (Å²) < 4.78 is 23.4. The minimum atomic E-state index is -2.54. The first kappa shape index (κ1) is 19.2. The maximum absolute atomic E-state index is 5.90. The lowest BCUT2D eigenvalue weighted by molar-refractivity contribution is 0.0696. The molecule has 22 heavy (non-hydrogen) atoms. The van der Waals surface area contributed by atoms with Crippen LogP contribution in [0.5, 0.6) is 5.75 Å². The summed E-state index contributed by atoms with van der Waals surface area (Å²) in [7, 11) is -2.54. The van der Waals surface area contributed by atoms with Crippen LogP contribution >= 0.6 is 0 Å². The summed E-state index contributed by atoms with van der Waals surface area (Å²) in [6.07, 6.45) is 0.861. The van der Waals surface area contributed by atoms with Crippen molar-refractivity contribution in [3.63, 3.8) is 0 Å². The zero-order valence-corrected chi connectivity index (χ0v) is 15.6. The van der Waals surface area contributed by atoms with E-state index in [0.29, 0.717) is 26.4 Å². The lowest BCUT2D eigenvalue weighted by Gasteiger charge is -2.28. The third-order valence-corrected chi connectivity index (χ3v) is 6.68. The number of rotatable bonds is 11. The molecule has 0 aliphatic carbocycles. The van der Waals surface area contributed by atoms with Gasteiger partial charge in [0.25, 0.3) is 0 Å². The van der Waals surface area contributed by atoms with E-state index in [4.69, 9.17) is 18.0 Å². The normalized spacial score (nSPS) is 11.7. The van der Waals surface area contributed by atoms with Crippen molar-refractivity contribution in [2.75, 3.05) is 26.4 Å². The van der Waals surface area contributed by atoms with Crippen LogP contribution in [-0.4, -0.2) is 35.2 Å². The highest BCUT2D eigenvalue weighted by Gasteiger charge is 2.39. The molecular formula is C17H30O4Si. The maximum atomic E-state index is 5.90. The molecule has 4 nitrogen and oxygen atoms in total. The van der Waals surface area contributed by atoms with E-state index in [1.54, 1.807) is 0 Å². The largest absolute Gasteiger partial charge is 0.501 e. The van der Waals surface area contributed by atoms with E-state index in [0.717, 1.165) is 18.2 Å².